The Morgan fingerprint density at radius 3 is 2.23 bits per heavy atom. The van der Waals surface area contributed by atoms with Gasteiger partial charge in [-0.3, -0.25) is 4.79 Å². The number of hydrogen-bond donors (Lipinski definition) is 1. The molecule has 1 aliphatic carbocycles. The number of aliphatic carboxylic acids is 1. The van der Waals surface area contributed by atoms with E-state index in [4.69, 9.17) is 9.84 Å². The predicted octanol–water partition coefficient (Wildman–Crippen LogP) is 2.05. The molecular weight excluding hydrogens is 168 g/mol. The summed E-state index contributed by atoms with van der Waals surface area (Å²) in [5.74, 6) is -0.782. The van der Waals surface area contributed by atoms with Gasteiger partial charge in [0.25, 0.3) is 0 Å². The smallest absolute Gasteiger partial charge is 0.306 e. The van der Waals surface area contributed by atoms with E-state index in [2.05, 4.69) is 0 Å². The van der Waals surface area contributed by atoms with Gasteiger partial charge in [0.2, 0.25) is 0 Å². The highest BCUT2D eigenvalue weighted by molar-refractivity contribution is 5.69. The molecule has 0 aromatic carbocycles. The van der Waals surface area contributed by atoms with Crippen molar-refractivity contribution in [1.82, 2.24) is 0 Å². The van der Waals surface area contributed by atoms with E-state index < -0.39 is 5.97 Å². The molecule has 0 amide bonds. The Labute approximate surface area is 79.1 Å². The highest BCUT2D eigenvalue weighted by atomic mass is 16.5. The average molecular weight is 186 g/mol. The summed E-state index contributed by atoms with van der Waals surface area (Å²) >= 11 is 0. The molecule has 0 unspecified atom stereocenters. The van der Waals surface area contributed by atoms with Crippen LogP contribution in [-0.4, -0.2) is 23.3 Å². The Balaban J connectivity index is 2.26. The van der Waals surface area contributed by atoms with Crippen LogP contribution in [0.3, 0.4) is 0 Å². The normalized spacial score (nSPS) is 29.2. The van der Waals surface area contributed by atoms with E-state index in [0.29, 0.717) is 0 Å². The molecule has 76 valence electrons. The van der Waals surface area contributed by atoms with Crippen LogP contribution in [0.1, 0.15) is 39.5 Å². The van der Waals surface area contributed by atoms with Crippen LogP contribution >= 0.6 is 0 Å². The molecule has 1 rings (SSSR count). The van der Waals surface area contributed by atoms with E-state index in [-0.39, 0.29) is 18.1 Å². The molecule has 0 aromatic rings. The molecule has 1 saturated carbocycles. The fourth-order valence-corrected chi connectivity index (χ4v) is 1.83. The molecule has 1 fully saturated rings. The molecule has 3 heteroatoms. The lowest BCUT2D eigenvalue weighted by atomic mass is 9.87. The summed E-state index contributed by atoms with van der Waals surface area (Å²) in [5.41, 5.74) is 0. The maximum atomic E-state index is 10.6. The van der Waals surface area contributed by atoms with Crippen molar-refractivity contribution in [3.05, 3.63) is 0 Å². The van der Waals surface area contributed by atoms with Crippen LogP contribution in [0, 0.1) is 5.92 Å². The first kappa shape index (κ1) is 10.5. The van der Waals surface area contributed by atoms with E-state index in [1.807, 2.05) is 13.8 Å². The van der Waals surface area contributed by atoms with Crippen LogP contribution in [0.15, 0.2) is 0 Å². The van der Waals surface area contributed by atoms with E-state index in [0.717, 1.165) is 25.7 Å². The van der Waals surface area contributed by atoms with Gasteiger partial charge in [-0.1, -0.05) is 0 Å². The van der Waals surface area contributed by atoms with Crippen LogP contribution in [-0.2, 0) is 9.53 Å². The highest BCUT2D eigenvalue weighted by Crippen LogP contribution is 2.26. The molecular formula is C10H18O3. The monoisotopic (exact) mass is 186 g/mol. The third-order valence-corrected chi connectivity index (χ3v) is 2.49. The van der Waals surface area contributed by atoms with Crippen molar-refractivity contribution in [2.45, 2.75) is 51.7 Å². The molecule has 0 atom stereocenters. The van der Waals surface area contributed by atoms with Crippen LogP contribution < -0.4 is 0 Å². The van der Waals surface area contributed by atoms with Gasteiger partial charge in [0.1, 0.15) is 0 Å². The van der Waals surface area contributed by atoms with Crippen molar-refractivity contribution in [2.24, 2.45) is 5.92 Å². The molecule has 0 aliphatic heterocycles. The molecule has 3 nitrogen and oxygen atoms in total. The topological polar surface area (TPSA) is 46.5 Å². The standard InChI is InChI=1S/C10H18O3/c1-7(2)13-9-5-3-8(4-6-9)10(11)12/h7-9H,3-6H2,1-2H3,(H,11,12)/t8-,9-. The average Bonchev–Trinajstić information content (AvgIpc) is 2.04. The summed E-state index contributed by atoms with van der Waals surface area (Å²) in [6, 6.07) is 0. The number of carboxylic acids is 1. The molecule has 0 bridgehead atoms. The maximum absolute atomic E-state index is 10.6. The zero-order valence-corrected chi connectivity index (χ0v) is 8.32. The summed E-state index contributed by atoms with van der Waals surface area (Å²) in [6.45, 7) is 4.03. The fourth-order valence-electron chi connectivity index (χ4n) is 1.83. The summed E-state index contributed by atoms with van der Waals surface area (Å²) in [5, 5.41) is 8.77. The molecule has 0 saturated heterocycles. The quantitative estimate of drug-likeness (QED) is 0.733. The lowest BCUT2D eigenvalue weighted by Gasteiger charge is -2.27. The van der Waals surface area contributed by atoms with Gasteiger partial charge in [0.05, 0.1) is 18.1 Å². The molecule has 1 aliphatic rings. The summed E-state index contributed by atoms with van der Waals surface area (Å²) in [7, 11) is 0. The van der Waals surface area contributed by atoms with Crippen LogP contribution in [0.4, 0.5) is 0 Å². The fraction of sp³-hybridized carbons (Fsp3) is 0.900. The van der Waals surface area contributed by atoms with E-state index in [1.54, 1.807) is 0 Å². The van der Waals surface area contributed by atoms with E-state index in [9.17, 15) is 4.79 Å². The predicted molar refractivity (Wildman–Crippen MR) is 49.6 cm³/mol. The van der Waals surface area contributed by atoms with Crippen molar-refractivity contribution < 1.29 is 14.6 Å². The second kappa shape index (κ2) is 4.61. The Kier molecular flexibility index (Phi) is 3.72. The Morgan fingerprint density at radius 1 is 1.31 bits per heavy atom. The van der Waals surface area contributed by atoms with Gasteiger partial charge in [0.15, 0.2) is 0 Å². The molecule has 0 heterocycles. The number of ether oxygens (including phenoxy) is 1. The Morgan fingerprint density at radius 2 is 1.85 bits per heavy atom. The first-order valence-electron chi connectivity index (χ1n) is 4.98. The van der Waals surface area contributed by atoms with Gasteiger partial charge in [-0.2, -0.15) is 0 Å². The molecule has 0 radical (unpaired) electrons. The first-order valence-corrected chi connectivity index (χ1v) is 4.98. The van der Waals surface area contributed by atoms with Crippen LogP contribution in [0.5, 0.6) is 0 Å². The van der Waals surface area contributed by atoms with Crippen molar-refractivity contribution in [3.8, 4) is 0 Å². The van der Waals surface area contributed by atoms with Crippen molar-refractivity contribution in [2.75, 3.05) is 0 Å². The van der Waals surface area contributed by atoms with Crippen molar-refractivity contribution >= 4 is 5.97 Å². The van der Waals surface area contributed by atoms with Crippen LogP contribution in [0.25, 0.3) is 0 Å². The van der Waals surface area contributed by atoms with Gasteiger partial charge in [-0.25, -0.2) is 0 Å². The first-order chi connectivity index (χ1) is 6.09. The Hall–Kier alpha value is -0.570. The second-order valence-corrected chi connectivity index (χ2v) is 4.00. The van der Waals surface area contributed by atoms with Gasteiger partial charge in [-0.05, 0) is 39.5 Å². The number of hydrogen-bond acceptors (Lipinski definition) is 2. The lowest BCUT2D eigenvalue weighted by Crippen LogP contribution is -2.27. The van der Waals surface area contributed by atoms with Crippen LogP contribution in [0.2, 0.25) is 0 Å². The summed E-state index contributed by atoms with van der Waals surface area (Å²) < 4.78 is 5.63. The number of rotatable bonds is 3. The minimum Gasteiger partial charge on any atom is -0.481 e. The third kappa shape index (κ3) is 3.35. The van der Waals surface area contributed by atoms with Crippen molar-refractivity contribution in [1.29, 1.82) is 0 Å². The van der Waals surface area contributed by atoms with Gasteiger partial charge < -0.3 is 9.84 Å². The third-order valence-electron chi connectivity index (χ3n) is 2.49. The SMILES string of the molecule is CC(C)O[C@H]1CC[C@H](C(=O)O)CC1. The second-order valence-electron chi connectivity index (χ2n) is 4.00. The molecule has 13 heavy (non-hydrogen) atoms. The van der Waals surface area contributed by atoms with Crippen molar-refractivity contribution in [3.63, 3.8) is 0 Å². The molecule has 0 aromatic heterocycles. The highest BCUT2D eigenvalue weighted by Gasteiger charge is 2.26. The molecule has 0 spiro atoms. The zero-order chi connectivity index (χ0) is 9.84. The minimum atomic E-state index is -0.650. The number of carboxylic acid groups (broad SMARTS) is 1. The van der Waals surface area contributed by atoms with Gasteiger partial charge >= 0.3 is 5.97 Å². The van der Waals surface area contributed by atoms with E-state index >= 15 is 0 Å². The Bertz CT molecular complexity index is 169. The lowest BCUT2D eigenvalue weighted by molar-refractivity contribution is -0.144. The largest absolute Gasteiger partial charge is 0.481 e. The maximum Gasteiger partial charge on any atom is 0.306 e. The summed E-state index contributed by atoms with van der Waals surface area (Å²) in [4.78, 5) is 10.6. The van der Waals surface area contributed by atoms with Gasteiger partial charge in [0, 0.05) is 0 Å². The molecule has 1 N–H and O–H groups in total. The summed E-state index contributed by atoms with van der Waals surface area (Å²) in [6.07, 6.45) is 3.88. The minimum absolute atomic E-state index is 0.132. The van der Waals surface area contributed by atoms with Gasteiger partial charge in [-0.15, -0.1) is 0 Å². The van der Waals surface area contributed by atoms with E-state index in [1.165, 1.54) is 0 Å². The number of carbonyl (C=O) groups is 1. The zero-order valence-electron chi connectivity index (χ0n) is 8.32.